The molecule has 6 nitrogen and oxygen atoms in total. The van der Waals surface area contributed by atoms with Crippen LogP contribution in [0.3, 0.4) is 0 Å². The number of aryl methyl sites for hydroxylation is 1. The highest BCUT2D eigenvalue weighted by atomic mass is 35.5. The topological polar surface area (TPSA) is 81.7 Å². The minimum Gasteiger partial charge on any atom is -0.487 e. The van der Waals surface area contributed by atoms with Crippen LogP contribution in [0.1, 0.15) is 70.0 Å². The Morgan fingerprint density at radius 1 is 1.05 bits per heavy atom. The number of carbonyl (C=O) groups is 3. The minimum absolute atomic E-state index is 0.118. The van der Waals surface area contributed by atoms with Crippen molar-refractivity contribution in [2.75, 3.05) is 7.05 Å². The Balaban J connectivity index is 0.000000312. The average molecular weight is 583 g/mol. The molecule has 3 aromatic rings. The highest BCUT2D eigenvalue weighted by molar-refractivity contribution is 6.45. The quantitative estimate of drug-likeness (QED) is 0.294. The van der Waals surface area contributed by atoms with Gasteiger partial charge in [-0.15, -0.1) is 0 Å². The van der Waals surface area contributed by atoms with Crippen molar-refractivity contribution >= 4 is 41.4 Å². The molecule has 0 spiro atoms. The van der Waals surface area contributed by atoms with Crippen molar-refractivity contribution in [2.24, 2.45) is 11.3 Å². The number of nitrogens with one attached hydrogen (secondary N) is 1. The lowest BCUT2D eigenvalue weighted by Crippen LogP contribution is -2.32. The number of Topliss-reactive ketones (excluding diaryl/α,β-unsaturated/α-hetero) is 1. The maximum absolute atomic E-state index is 13.3. The SMILES string of the molecule is CNC(=O)c1ccc(COc2cc3c(c(Cl)c2Cl)C(=O)C(C)(C2CCCC2)C3)cc1.Cc1ccc(OC=O)cc1. The van der Waals surface area contributed by atoms with Crippen LogP contribution in [0, 0.1) is 18.3 Å². The Morgan fingerprint density at radius 3 is 2.30 bits per heavy atom. The van der Waals surface area contributed by atoms with Gasteiger partial charge in [0.1, 0.15) is 23.1 Å². The van der Waals surface area contributed by atoms with E-state index >= 15 is 0 Å². The average Bonchev–Trinajstić information content (AvgIpc) is 3.59. The first kappa shape index (κ1) is 29.6. The fraction of sp³-hybridized carbons (Fsp3) is 0.344. The molecule has 40 heavy (non-hydrogen) atoms. The standard InChI is InChI=1S/C24H25Cl2NO3.C8H8O2/c1-24(17-5-3-4-6-17)12-16-11-18(20(25)21(26)19(16)22(24)28)30-13-14-7-9-15(10-8-14)23(29)27-2;1-7-2-4-8(5-3-7)10-6-9/h7-11,17H,3-6,12-13H2,1-2H3,(H,27,29);2-6H,1H3. The van der Waals surface area contributed by atoms with Crippen LogP contribution in [-0.2, 0) is 17.8 Å². The summed E-state index contributed by atoms with van der Waals surface area (Å²) in [7, 11) is 1.60. The molecule has 1 fully saturated rings. The molecule has 1 atom stereocenters. The van der Waals surface area contributed by atoms with Crippen molar-refractivity contribution in [3.05, 3.63) is 92.5 Å². The Bertz CT molecular complexity index is 1380. The number of carbonyl (C=O) groups excluding carboxylic acids is 3. The van der Waals surface area contributed by atoms with Crippen LogP contribution in [-0.4, -0.2) is 25.2 Å². The summed E-state index contributed by atoms with van der Waals surface area (Å²) in [6.45, 7) is 4.76. The Hall–Kier alpha value is -3.35. The lowest BCUT2D eigenvalue weighted by Gasteiger charge is -2.29. The number of ketones is 1. The third-order valence-electron chi connectivity index (χ3n) is 7.86. The molecule has 1 saturated carbocycles. The molecule has 8 heteroatoms. The Morgan fingerprint density at radius 2 is 1.70 bits per heavy atom. The minimum atomic E-state index is -0.403. The molecule has 1 unspecified atom stereocenters. The van der Waals surface area contributed by atoms with E-state index in [9.17, 15) is 14.4 Å². The second-order valence-corrected chi connectivity index (χ2v) is 11.3. The summed E-state index contributed by atoms with van der Waals surface area (Å²) in [6.07, 6.45) is 5.24. The molecule has 1 N–H and O–H groups in total. The monoisotopic (exact) mass is 581 g/mol. The van der Waals surface area contributed by atoms with E-state index in [4.69, 9.17) is 27.9 Å². The van der Waals surface area contributed by atoms with E-state index in [0.29, 0.717) is 46.5 Å². The number of amides is 1. The van der Waals surface area contributed by atoms with Crippen molar-refractivity contribution in [1.82, 2.24) is 5.32 Å². The molecule has 5 rings (SSSR count). The summed E-state index contributed by atoms with van der Waals surface area (Å²) in [6, 6.07) is 16.3. The van der Waals surface area contributed by atoms with E-state index in [-0.39, 0.29) is 23.3 Å². The zero-order valence-corrected chi connectivity index (χ0v) is 24.4. The molecular formula is C32H33Cl2NO5. The van der Waals surface area contributed by atoms with Crippen LogP contribution in [0.5, 0.6) is 11.5 Å². The molecule has 3 aromatic carbocycles. The molecule has 0 aliphatic heterocycles. The van der Waals surface area contributed by atoms with Crippen LogP contribution < -0.4 is 14.8 Å². The molecule has 0 heterocycles. The van der Waals surface area contributed by atoms with Gasteiger partial charge in [0.25, 0.3) is 12.4 Å². The molecule has 0 saturated heterocycles. The molecular weight excluding hydrogens is 549 g/mol. The van der Waals surface area contributed by atoms with Gasteiger partial charge in [0, 0.05) is 23.6 Å². The Labute approximate surface area is 245 Å². The van der Waals surface area contributed by atoms with Gasteiger partial charge in [0.2, 0.25) is 0 Å². The molecule has 0 radical (unpaired) electrons. The molecule has 210 valence electrons. The van der Waals surface area contributed by atoms with Crippen molar-refractivity contribution in [3.8, 4) is 11.5 Å². The number of hydrogen-bond acceptors (Lipinski definition) is 5. The van der Waals surface area contributed by atoms with Gasteiger partial charge in [-0.1, -0.05) is 72.8 Å². The first-order valence-corrected chi connectivity index (χ1v) is 14.1. The van der Waals surface area contributed by atoms with E-state index in [1.54, 1.807) is 31.3 Å². The van der Waals surface area contributed by atoms with E-state index in [1.165, 1.54) is 12.8 Å². The van der Waals surface area contributed by atoms with Crippen molar-refractivity contribution in [3.63, 3.8) is 0 Å². The largest absolute Gasteiger partial charge is 0.487 e. The molecule has 0 bridgehead atoms. The summed E-state index contributed by atoms with van der Waals surface area (Å²) in [4.78, 5) is 34.8. The van der Waals surface area contributed by atoms with Crippen molar-refractivity contribution < 1.29 is 23.9 Å². The zero-order chi connectivity index (χ0) is 28.9. The number of fused-ring (bicyclic) bond motifs is 1. The fourth-order valence-electron chi connectivity index (χ4n) is 5.53. The number of ether oxygens (including phenoxy) is 2. The highest BCUT2D eigenvalue weighted by Crippen LogP contribution is 2.52. The van der Waals surface area contributed by atoms with Gasteiger partial charge < -0.3 is 14.8 Å². The predicted molar refractivity (Wildman–Crippen MR) is 157 cm³/mol. The first-order chi connectivity index (χ1) is 19.2. The summed E-state index contributed by atoms with van der Waals surface area (Å²) < 4.78 is 10.5. The second-order valence-electron chi connectivity index (χ2n) is 10.5. The van der Waals surface area contributed by atoms with E-state index in [2.05, 4.69) is 17.0 Å². The molecule has 1 amide bonds. The van der Waals surface area contributed by atoms with Crippen LogP contribution in [0.25, 0.3) is 0 Å². The third-order valence-corrected chi connectivity index (χ3v) is 8.71. The number of hydrogen-bond donors (Lipinski definition) is 1. The van der Waals surface area contributed by atoms with Crippen LogP contribution in [0.2, 0.25) is 10.0 Å². The Kier molecular flexibility index (Phi) is 9.54. The summed E-state index contributed by atoms with van der Waals surface area (Å²) >= 11 is 13.0. The zero-order valence-electron chi connectivity index (χ0n) is 22.9. The normalized spacial score (nSPS) is 18.0. The molecule has 2 aliphatic carbocycles. The van der Waals surface area contributed by atoms with Gasteiger partial charge in [-0.05, 0) is 73.6 Å². The van der Waals surface area contributed by atoms with Crippen LogP contribution in [0.15, 0.2) is 54.6 Å². The lowest BCUT2D eigenvalue weighted by molar-refractivity contribution is -0.120. The van der Waals surface area contributed by atoms with Crippen molar-refractivity contribution in [2.45, 2.75) is 52.6 Å². The van der Waals surface area contributed by atoms with Gasteiger partial charge in [0.15, 0.2) is 5.78 Å². The smallest absolute Gasteiger partial charge is 0.298 e. The maximum Gasteiger partial charge on any atom is 0.298 e. The summed E-state index contributed by atoms with van der Waals surface area (Å²) in [5.41, 5.74) is 3.73. The fourth-order valence-corrected chi connectivity index (χ4v) is 6.03. The number of halogens is 2. The third kappa shape index (κ3) is 6.34. The van der Waals surface area contributed by atoms with E-state index < -0.39 is 5.41 Å². The molecule has 2 aliphatic rings. The first-order valence-electron chi connectivity index (χ1n) is 13.3. The van der Waals surface area contributed by atoms with Gasteiger partial charge in [-0.25, -0.2) is 0 Å². The highest BCUT2D eigenvalue weighted by Gasteiger charge is 2.49. The maximum atomic E-state index is 13.3. The predicted octanol–water partition coefficient (Wildman–Crippen LogP) is 7.40. The lowest BCUT2D eigenvalue weighted by atomic mass is 9.73. The number of rotatable bonds is 7. The van der Waals surface area contributed by atoms with Gasteiger partial charge in [-0.2, -0.15) is 0 Å². The van der Waals surface area contributed by atoms with Gasteiger partial charge in [-0.3, -0.25) is 14.4 Å². The van der Waals surface area contributed by atoms with E-state index in [0.717, 1.165) is 29.5 Å². The molecule has 0 aromatic heterocycles. The van der Waals surface area contributed by atoms with Gasteiger partial charge >= 0.3 is 0 Å². The number of benzene rings is 3. The van der Waals surface area contributed by atoms with E-state index in [1.807, 2.05) is 37.3 Å². The van der Waals surface area contributed by atoms with Crippen molar-refractivity contribution in [1.29, 1.82) is 0 Å². The van der Waals surface area contributed by atoms with Gasteiger partial charge in [0.05, 0.1) is 5.02 Å². The summed E-state index contributed by atoms with van der Waals surface area (Å²) in [5.74, 6) is 1.45. The van der Waals surface area contributed by atoms with Crippen LogP contribution >= 0.6 is 23.2 Å². The van der Waals surface area contributed by atoms with Crippen LogP contribution in [0.4, 0.5) is 0 Å². The summed E-state index contributed by atoms with van der Waals surface area (Å²) in [5, 5.41) is 3.17. The second kappa shape index (κ2) is 12.9.